The maximum atomic E-state index is 13.5. The molecule has 0 bridgehead atoms. The van der Waals surface area contributed by atoms with Crippen LogP contribution in [-0.2, 0) is 14.3 Å². The zero-order valence-corrected chi connectivity index (χ0v) is 22.9. The lowest BCUT2D eigenvalue weighted by molar-refractivity contribution is -0.139. The fraction of sp³-hybridized carbons (Fsp3) is 0.464. The fourth-order valence-electron chi connectivity index (χ4n) is 4.35. The minimum Gasteiger partial charge on any atom is -0.497 e. The Balaban J connectivity index is 1.92. The molecule has 0 saturated carbocycles. The standard InChI is InChI=1S/C28H37N3O7/c1-18-14-31(26(32)17-35-4)19(2)16-38-24-12-9-21(13-23(24)28(34)30(3)15-25(18)37-6)29-27(33)20-7-10-22(36-5)11-8-20/h7-13,18-19,25H,14-17H2,1-6H3,(H,29,33)/t18-,19+,25+/m1/s1. The number of carbonyl (C=O) groups excluding carboxylic acids is 3. The highest BCUT2D eigenvalue weighted by atomic mass is 16.5. The molecule has 0 spiro atoms. The number of fused-ring (bicyclic) bond motifs is 1. The maximum absolute atomic E-state index is 13.5. The molecular formula is C28H37N3O7. The Bertz CT molecular complexity index is 1120. The number of amides is 3. The zero-order valence-electron chi connectivity index (χ0n) is 22.9. The van der Waals surface area contributed by atoms with Crippen LogP contribution in [0.5, 0.6) is 11.5 Å². The summed E-state index contributed by atoms with van der Waals surface area (Å²) in [5, 5.41) is 2.84. The number of benzene rings is 2. The van der Waals surface area contributed by atoms with Crippen LogP contribution in [0.2, 0.25) is 0 Å². The number of ether oxygens (including phenoxy) is 4. The molecule has 1 aliphatic rings. The first-order valence-electron chi connectivity index (χ1n) is 12.5. The zero-order chi connectivity index (χ0) is 27.8. The van der Waals surface area contributed by atoms with E-state index in [9.17, 15) is 14.4 Å². The average Bonchev–Trinajstić information content (AvgIpc) is 2.92. The van der Waals surface area contributed by atoms with Crippen molar-refractivity contribution in [1.29, 1.82) is 0 Å². The molecule has 3 amide bonds. The number of rotatable bonds is 6. The predicted molar refractivity (Wildman–Crippen MR) is 143 cm³/mol. The van der Waals surface area contributed by atoms with E-state index in [4.69, 9.17) is 18.9 Å². The van der Waals surface area contributed by atoms with Crippen LogP contribution >= 0.6 is 0 Å². The van der Waals surface area contributed by atoms with E-state index < -0.39 is 0 Å². The molecule has 10 nitrogen and oxygen atoms in total. The number of hydrogen-bond donors (Lipinski definition) is 1. The molecule has 206 valence electrons. The van der Waals surface area contributed by atoms with Gasteiger partial charge in [0, 0.05) is 51.5 Å². The molecule has 38 heavy (non-hydrogen) atoms. The van der Waals surface area contributed by atoms with Crippen molar-refractivity contribution in [2.45, 2.75) is 26.0 Å². The first-order chi connectivity index (χ1) is 18.2. The van der Waals surface area contributed by atoms with Crippen molar-refractivity contribution in [3.63, 3.8) is 0 Å². The fourth-order valence-corrected chi connectivity index (χ4v) is 4.35. The molecule has 3 atom stereocenters. The lowest BCUT2D eigenvalue weighted by Gasteiger charge is -2.36. The van der Waals surface area contributed by atoms with Gasteiger partial charge in [0.2, 0.25) is 5.91 Å². The van der Waals surface area contributed by atoms with Crippen molar-refractivity contribution in [1.82, 2.24) is 9.80 Å². The second kappa shape index (κ2) is 13.3. The van der Waals surface area contributed by atoms with Crippen molar-refractivity contribution < 1.29 is 33.3 Å². The Morgan fingerprint density at radius 3 is 2.39 bits per heavy atom. The van der Waals surface area contributed by atoms with Crippen LogP contribution in [0, 0.1) is 5.92 Å². The molecule has 0 saturated heterocycles. The van der Waals surface area contributed by atoms with E-state index >= 15 is 0 Å². The highest BCUT2D eigenvalue weighted by molar-refractivity contribution is 6.05. The Morgan fingerprint density at radius 2 is 1.76 bits per heavy atom. The monoisotopic (exact) mass is 527 g/mol. The van der Waals surface area contributed by atoms with Gasteiger partial charge >= 0.3 is 0 Å². The third kappa shape index (κ3) is 7.02. The van der Waals surface area contributed by atoms with Crippen LogP contribution < -0.4 is 14.8 Å². The second-order valence-corrected chi connectivity index (χ2v) is 9.47. The van der Waals surface area contributed by atoms with Crippen LogP contribution in [-0.4, -0.2) is 94.3 Å². The lowest BCUT2D eigenvalue weighted by atomic mass is 10.0. The third-order valence-electron chi connectivity index (χ3n) is 6.64. The van der Waals surface area contributed by atoms with Gasteiger partial charge in [-0.2, -0.15) is 0 Å². The van der Waals surface area contributed by atoms with Crippen molar-refractivity contribution in [2.75, 3.05) is 60.0 Å². The van der Waals surface area contributed by atoms with Gasteiger partial charge in [0.05, 0.1) is 24.8 Å². The van der Waals surface area contributed by atoms with Gasteiger partial charge in [0.1, 0.15) is 24.7 Å². The van der Waals surface area contributed by atoms with Crippen LogP contribution in [0.3, 0.4) is 0 Å². The molecule has 0 aromatic heterocycles. The van der Waals surface area contributed by atoms with Gasteiger partial charge in [-0.05, 0) is 49.4 Å². The molecule has 2 aromatic rings. The summed E-state index contributed by atoms with van der Waals surface area (Å²) in [6.07, 6.45) is -0.309. The number of anilines is 1. The van der Waals surface area contributed by atoms with Crippen molar-refractivity contribution in [3.05, 3.63) is 53.6 Å². The van der Waals surface area contributed by atoms with Gasteiger partial charge in [-0.15, -0.1) is 0 Å². The topological polar surface area (TPSA) is 107 Å². The van der Waals surface area contributed by atoms with E-state index in [1.165, 1.54) is 7.11 Å². The first kappa shape index (κ1) is 28.9. The average molecular weight is 528 g/mol. The summed E-state index contributed by atoms with van der Waals surface area (Å²) in [6, 6.07) is 11.4. The SMILES string of the molecule is COCC(=O)N1C[C@@H](C)[C@@H](OC)CN(C)C(=O)c2cc(NC(=O)c3ccc(OC)cc3)ccc2OC[C@@H]1C. The number of hydrogen-bond acceptors (Lipinski definition) is 7. The molecule has 1 aliphatic heterocycles. The van der Waals surface area contributed by atoms with E-state index in [0.717, 1.165) is 0 Å². The number of nitrogens with zero attached hydrogens (tertiary/aromatic N) is 2. The normalized spacial score (nSPS) is 20.5. The number of methoxy groups -OCH3 is 3. The summed E-state index contributed by atoms with van der Waals surface area (Å²) in [4.78, 5) is 42.4. The lowest BCUT2D eigenvalue weighted by Crippen LogP contribution is -2.49. The number of carbonyl (C=O) groups is 3. The number of nitrogens with one attached hydrogen (secondary N) is 1. The van der Waals surface area contributed by atoms with E-state index in [0.29, 0.717) is 41.4 Å². The van der Waals surface area contributed by atoms with Crippen LogP contribution in [0.1, 0.15) is 34.6 Å². The van der Waals surface area contributed by atoms with Gasteiger partial charge < -0.3 is 34.1 Å². The Morgan fingerprint density at radius 1 is 1.05 bits per heavy atom. The summed E-state index contributed by atoms with van der Waals surface area (Å²) < 4.78 is 22.0. The molecule has 2 aromatic carbocycles. The molecule has 1 heterocycles. The molecule has 10 heteroatoms. The Kier molecular flexibility index (Phi) is 10.1. The summed E-state index contributed by atoms with van der Waals surface area (Å²) >= 11 is 0. The second-order valence-electron chi connectivity index (χ2n) is 9.47. The van der Waals surface area contributed by atoms with E-state index in [-0.39, 0.29) is 49.0 Å². The van der Waals surface area contributed by atoms with Gasteiger partial charge in [0.25, 0.3) is 11.8 Å². The smallest absolute Gasteiger partial charge is 0.257 e. The first-order valence-corrected chi connectivity index (χ1v) is 12.5. The van der Waals surface area contributed by atoms with Crippen molar-refractivity contribution in [2.24, 2.45) is 5.92 Å². The molecule has 0 unspecified atom stereocenters. The van der Waals surface area contributed by atoms with Gasteiger partial charge in [-0.3, -0.25) is 14.4 Å². The summed E-state index contributed by atoms with van der Waals surface area (Å²) in [5.74, 6) is 0.202. The quantitative estimate of drug-likeness (QED) is 0.616. The van der Waals surface area contributed by atoms with Crippen LogP contribution in [0.4, 0.5) is 5.69 Å². The highest BCUT2D eigenvalue weighted by Gasteiger charge is 2.30. The molecular weight excluding hydrogens is 490 g/mol. The molecule has 1 N–H and O–H groups in total. The van der Waals surface area contributed by atoms with Gasteiger partial charge in [0.15, 0.2) is 0 Å². The summed E-state index contributed by atoms with van der Waals surface area (Å²) in [7, 11) is 6.33. The Hall–Kier alpha value is -3.63. The summed E-state index contributed by atoms with van der Waals surface area (Å²) in [5.41, 5.74) is 1.19. The molecule has 3 rings (SSSR count). The predicted octanol–water partition coefficient (Wildman–Crippen LogP) is 2.93. The van der Waals surface area contributed by atoms with E-state index in [2.05, 4.69) is 5.32 Å². The maximum Gasteiger partial charge on any atom is 0.257 e. The van der Waals surface area contributed by atoms with Crippen LogP contribution in [0.15, 0.2) is 42.5 Å². The van der Waals surface area contributed by atoms with Crippen LogP contribution in [0.25, 0.3) is 0 Å². The largest absolute Gasteiger partial charge is 0.497 e. The Labute approximate surface area is 223 Å². The highest BCUT2D eigenvalue weighted by Crippen LogP contribution is 2.27. The third-order valence-corrected chi connectivity index (χ3v) is 6.64. The minimum atomic E-state index is -0.323. The molecule has 0 fully saturated rings. The van der Waals surface area contributed by atoms with E-state index in [1.54, 1.807) is 73.5 Å². The van der Waals surface area contributed by atoms with E-state index in [1.807, 2.05) is 13.8 Å². The van der Waals surface area contributed by atoms with Gasteiger partial charge in [-0.25, -0.2) is 0 Å². The molecule has 0 aliphatic carbocycles. The molecule has 0 radical (unpaired) electrons. The minimum absolute atomic E-state index is 0.0407. The van der Waals surface area contributed by atoms with Crippen molar-refractivity contribution >= 4 is 23.4 Å². The number of likely N-dealkylation sites (N-methyl/N-ethyl adjacent to an activating group) is 1. The summed E-state index contributed by atoms with van der Waals surface area (Å²) in [6.45, 7) is 4.74. The van der Waals surface area contributed by atoms with Crippen molar-refractivity contribution in [3.8, 4) is 11.5 Å². The van der Waals surface area contributed by atoms with Gasteiger partial charge in [-0.1, -0.05) is 6.92 Å².